The molecule has 2 N–H and O–H groups in total. The number of rotatable bonds is 4. The number of phenols is 1. The van der Waals surface area contributed by atoms with Crippen molar-refractivity contribution in [2.75, 3.05) is 24.5 Å². The highest BCUT2D eigenvalue weighted by Gasteiger charge is 2.22. The number of aromatic nitrogens is 4. The first-order chi connectivity index (χ1) is 14.1. The number of hydrogen-bond donors (Lipinski definition) is 2. The van der Waals surface area contributed by atoms with Gasteiger partial charge in [0.1, 0.15) is 5.75 Å². The van der Waals surface area contributed by atoms with Crippen molar-refractivity contribution in [1.82, 2.24) is 25.1 Å². The fourth-order valence-electron chi connectivity index (χ4n) is 4.16. The van der Waals surface area contributed by atoms with E-state index in [0.717, 1.165) is 48.0 Å². The second kappa shape index (κ2) is 7.00. The molecule has 7 nitrogen and oxygen atoms in total. The van der Waals surface area contributed by atoms with Crippen molar-refractivity contribution < 1.29 is 5.11 Å². The number of anilines is 1. The number of nitrogens with one attached hydrogen (secondary N) is 1. The van der Waals surface area contributed by atoms with Gasteiger partial charge in [-0.2, -0.15) is 5.10 Å². The summed E-state index contributed by atoms with van der Waals surface area (Å²) in [5.74, 6) is 0.172. The van der Waals surface area contributed by atoms with E-state index >= 15 is 0 Å². The Bertz CT molecular complexity index is 1200. The molecule has 1 aliphatic heterocycles. The molecule has 0 aliphatic carbocycles. The van der Waals surface area contributed by atoms with E-state index in [0.29, 0.717) is 22.9 Å². The number of pyridine rings is 2. The number of benzene rings is 1. The predicted octanol–water partition coefficient (Wildman–Crippen LogP) is 3.08. The number of nitrogens with zero attached hydrogens (tertiary/aromatic N) is 5. The Hall–Kier alpha value is -3.19. The summed E-state index contributed by atoms with van der Waals surface area (Å²) in [5.41, 5.74) is 3.96. The molecule has 0 bridgehead atoms. The Kier molecular flexibility index (Phi) is 4.32. The van der Waals surface area contributed by atoms with Gasteiger partial charge in [0.15, 0.2) is 5.65 Å². The molecule has 1 atom stereocenters. The van der Waals surface area contributed by atoms with Gasteiger partial charge < -0.3 is 15.3 Å². The largest absolute Gasteiger partial charge is 0.507 e. The number of aromatic hydroxyl groups is 1. The van der Waals surface area contributed by atoms with Crippen molar-refractivity contribution in [3.8, 4) is 17.0 Å². The third-order valence-corrected chi connectivity index (χ3v) is 5.59. The Labute approximate surface area is 169 Å². The highest BCUT2D eigenvalue weighted by atomic mass is 16.3. The van der Waals surface area contributed by atoms with Gasteiger partial charge in [-0.15, -0.1) is 0 Å². The summed E-state index contributed by atoms with van der Waals surface area (Å²) in [7, 11) is 1.87. The van der Waals surface area contributed by atoms with Crippen molar-refractivity contribution in [2.45, 2.75) is 19.4 Å². The number of fused-ring (bicyclic) bond motifs is 2. The van der Waals surface area contributed by atoms with Gasteiger partial charge in [-0.25, -0.2) is 9.97 Å². The van der Waals surface area contributed by atoms with Crippen LogP contribution < -0.4 is 10.2 Å². The lowest BCUT2D eigenvalue weighted by atomic mass is 10.1. The van der Waals surface area contributed by atoms with E-state index in [1.165, 1.54) is 0 Å². The molecule has 5 rings (SSSR count). The van der Waals surface area contributed by atoms with Crippen LogP contribution in [0.2, 0.25) is 0 Å². The number of phenolic OH excluding ortho intramolecular Hbond substituents is 1. The summed E-state index contributed by atoms with van der Waals surface area (Å²) < 4.78 is 1.74. The fraction of sp³-hybridized carbons (Fsp3) is 0.318. The highest BCUT2D eigenvalue weighted by molar-refractivity contribution is 5.89. The molecule has 7 heteroatoms. The molecule has 0 spiro atoms. The summed E-state index contributed by atoms with van der Waals surface area (Å²) in [6, 6.07) is 10.3. The molecule has 148 valence electrons. The van der Waals surface area contributed by atoms with Crippen LogP contribution in [-0.2, 0) is 7.05 Å². The van der Waals surface area contributed by atoms with Crippen molar-refractivity contribution in [3.05, 3.63) is 42.7 Å². The second-order valence-electron chi connectivity index (χ2n) is 7.66. The highest BCUT2D eigenvalue weighted by Crippen LogP contribution is 2.33. The molecule has 0 saturated carbocycles. The van der Waals surface area contributed by atoms with Gasteiger partial charge in [0.25, 0.3) is 0 Å². The number of aryl methyl sites for hydroxylation is 1. The quantitative estimate of drug-likeness (QED) is 0.559. The summed E-state index contributed by atoms with van der Waals surface area (Å²) in [6.07, 6.45) is 4.98. The Morgan fingerprint density at radius 1 is 1.21 bits per heavy atom. The molecular weight excluding hydrogens is 364 g/mol. The van der Waals surface area contributed by atoms with Gasteiger partial charge in [0.05, 0.1) is 23.1 Å². The van der Waals surface area contributed by atoms with E-state index in [9.17, 15) is 5.11 Å². The summed E-state index contributed by atoms with van der Waals surface area (Å²) >= 11 is 0. The average molecular weight is 388 g/mol. The monoisotopic (exact) mass is 388 g/mol. The van der Waals surface area contributed by atoms with Gasteiger partial charge in [-0.3, -0.25) is 4.68 Å². The molecule has 0 unspecified atom stereocenters. The smallest absolute Gasteiger partial charge is 0.159 e. The maximum Gasteiger partial charge on any atom is 0.159 e. The number of hydrogen-bond acceptors (Lipinski definition) is 6. The van der Waals surface area contributed by atoms with Crippen LogP contribution in [0.5, 0.6) is 5.75 Å². The van der Waals surface area contributed by atoms with E-state index in [1.54, 1.807) is 10.7 Å². The standard InChI is InChI=1S/C22H24N6O/c1-3-23-16-6-7-28(13-16)17-8-14-4-5-19(25-22(14)24-11-17)18-9-15-12-27(2)26-20(15)10-21(18)29/h4-5,8-12,16,23,29H,3,6-7,13H2,1-2H3/t16-/m0/s1. The van der Waals surface area contributed by atoms with Crippen molar-refractivity contribution in [2.24, 2.45) is 7.05 Å². The van der Waals surface area contributed by atoms with Crippen LogP contribution in [-0.4, -0.2) is 50.5 Å². The van der Waals surface area contributed by atoms with Crippen LogP contribution in [0.4, 0.5) is 5.69 Å². The molecule has 1 saturated heterocycles. The lowest BCUT2D eigenvalue weighted by Crippen LogP contribution is -2.32. The molecule has 29 heavy (non-hydrogen) atoms. The summed E-state index contributed by atoms with van der Waals surface area (Å²) in [4.78, 5) is 11.7. The third kappa shape index (κ3) is 3.27. The first-order valence-electron chi connectivity index (χ1n) is 10.0. The summed E-state index contributed by atoms with van der Waals surface area (Å²) in [5, 5.41) is 20.3. The lowest BCUT2D eigenvalue weighted by Gasteiger charge is -2.19. The van der Waals surface area contributed by atoms with Crippen molar-refractivity contribution in [3.63, 3.8) is 0 Å². The van der Waals surface area contributed by atoms with E-state index in [1.807, 2.05) is 37.6 Å². The topological polar surface area (TPSA) is 79.1 Å². The van der Waals surface area contributed by atoms with E-state index in [2.05, 4.69) is 33.3 Å². The van der Waals surface area contributed by atoms with Gasteiger partial charge in [-0.05, 0) is 37.2 Å². The molecule has 1 fully saturated rings. The zero-order valence-corrected chi connectivity index (χ0v) is 16.6. The van der Waals surface area contributed by atoms with Crippen LogP contribution >= 0.6 is 0 Å². The van der Waals surface area contributed by atoms with Crippen LogP contribution in [0.3, 0.4) is 0 Å². The van der Waals surface area contributed by atoms with E-state index in [-0.39, 0.29) is 5.75 Å². The second-order valence-corrected chi connectivity index (χ2v) is 7.66. The van der Waals surface area contributed by atoms with Crippen molar-refractivity contribution >= 4 is 27.6 Å². The van der Waals surface area contributed by atoms with Gasteiger partial charge in [0, 0.05) is 54.8 Å². The van der Waals surface area contributed by atoms with Gasteiger partial charge >= 0.3 is 0 Å². The lowest BCUT2D eigenvalue weighted by molar-refractivity contribution is 0.478. The normalized spacial score (nSPS) is 16.9. The molecule has 3 aromatic heterocycles. The first kappa shape index (κ1) is 17.9. The van der Waals surface area contributed by atoms with Crippen LogP contribution in [0.1, 0.15) is 13.3 Å². The Morgan fingerprint density at radius 2 is 2.10 bits per heavy atom. The minimum absolute atomic E-state index is 0.172. The van der Waals surface area contributed by atoms with Crippen LogP contribution in [0.15, 0.2) is 42.7 Å². The number of likely N-dealkylation sites (N-methyl/N-ethyl adjacent to an activating group) is 1. The van der Waals surface area contributed by atoms with E-state index in [4.69, 9.17) is 4.98 Å². The molecule has 1 aromatic carbocycles. The Morgan fingerprint density at radius 3 is 2.97 bits per heavy atom. The minimum Gasteiger partial charge on any atom is -0.507 e. The average Bonchev–Trinajstić information content (AvgIpc) is 3.32. The van der Waals surface area contributed by atoms with Crippen molar-refractivity contribution in [1.29, 1.82) is 0 Å². The predicted molar refractivity (Wildman–Crippen MR) is 115 cm³/mol. The maximum absolute atomic E-state index is 10.5. The Balaban J connectivity index is 1.48. The van der Waals surface area contributed by atoms with E-state index < -0.39 is 0 Å². The van der Waals surface area contributed by atoms with Crippen LogP contribution in [0.25, 0.3) is 33.2 Å². The third-order valence-electron chi connectivity index (χ3n) is 5.59. The molecule has 0 amide bonds. The van der Waals surface area contributed by atoms with Gasteiger partial charge in [-0.1, -0.05) is 6.92 Å². The minimum atomic E-state index is 0.172. The molecule has 4 aromatic rings. The van der Waals surface area contributed by atoms with Crippen LogP contribution in [0, 0.1) is 0 Å². The molecule has 1 aliphatic rings. The SMILES string of the molecule is CCN[C@H]1CCN(c2cnc3nc(-c4cc5cn(C)nc5cc4O)ccc3c2)C1. The molecule has 4 heterocycles. The first-order valence-corrected chi connectivity index (χ1v) is 10.0. The maximum atomic E-state index is 10.5. The fourth-order valence-corrected chi connectivity index (χ4v) is 4.16. The zero-order valence-electron chi connectivity index (χ0n) is 16.6. The van der Waals surface area contributed by atoms with Gasteiger partial charge in [0.2, 0.25) is 0 Å². The summed E-state index contributed by atoms with van der Waals surface area (Å²) in [6.45, 7) is 5.19. The zero-order chi connectivity index (χ0) is 20.0. The molecular formula is C22H24N6O. The molecule has 0 radical (unpaired) electrons.